The number of rotatable bonds is 4. The number of fused-ring (bicyclic) bond motifs is 7. The maximum Gasteiger partial charge on any atom is 0.136 e. The quantitative estimate of drug-likeness (QED) is 0.167. The number of hydrogen-bond acceptors (Lipinski definition) is 1. The van der Waals surface area contributed by atoms with Gasteiger partial charge in [0.1, 0.15) is 11.2 Å². The van der Waals surface area contributed by atoms with Crippen LogP contribution >= 0.6 is 0 Å². The molecule has 0 saturated heterocycles. The molecule has 1 heteroatoms. The highest BCUT2D eigenvalue weighted by atomic mass is 16.3. The van der Waals surface area contributed by atoms with Crippen molar-refractivity contribution >= 4 is 65.0 Å². The topological polar surface area (TPSA) is 13.1 Å². The smallest absolute Gasteiger partial charge is 0.136 e. The van der Waals surface area contributed by atoms with Crippen LogP contribution in [-0.4, -0.2) is 0 Å². The van der Waals surface area contributed by atoms with E-state index < -0.39 is 0 Å². The van der Waals surface area contributed by atoms with E-state index >= 15 is 0 Å². The molecular weight excluding hydrogens is 665 g/mol. The maximum absolute atomic E-state index is 6.70. The minimum absolute atomic E-state index is 0.894. The first-order chi connectivity index (χ1) is 27.1. The van der Waals surface area contributed by atoms with E-state index in [1.807, 2.05) is 0 Å². The second kappa shape index (κ2) is 12.3. The van der Waals surface area contributed by atoms with Crippen molar-refractivity contribution in [3.8, 4) is 44.5 Å². The summed E-state index contributed by atoms with van der Waals surface area (Å²) in [4.78, 5) is 0. The van der Waals surface area contributed by atoms with Gasteiger partial charge in [-0.1, -0.05) is 158 Å². The zero-order chi connectivity index (χ0) is 36.6. The number of furan rings is 1. The van der Waals surface area contributed by atoms with E-state index in [0.717, 1.165) is 27.5 Å². The van der Waals surface area contributed by atoms with Crippen LogP contribution in [0.3, 0.4) is 0 Å². The Morgan fingerprint density at radius 1 is 0.255 bits per heavy atom. The molecule has 0 spiro atoms. The molecule has 0 unspecified atom stereocenters. The largest absolute Gasteiger partial charge is 0.456 e. The Balaban J connectivity index is 1.13. The van der Waals surface area contributed by atoms with Gasteiger partial charge in [0, 0.05) is 10.8 Å². The first-order valence-corrected chi connectivity index (χ1v) is 19.1. The van der Waals surface area contributed by atoms with Crippen LogP contribution in [0, 0.1) is 13.8 Å². The van der Waals surface area contributed by atoms with Gasteiger partial charge in [0.25, 0.3) is 0 Å². The van der Waals surface area contributed by atoms with Crippen molar-refractivity contribution in [2.45, 2.75) is 13.8 Å². The van der Waals surface area contributed by atoms with Crippen LogP contribution in [0.5, 0.6) is 0 Å². The van der Waals surface area contributed by atoms with E-state index in [-0.39, 0.29) is 0 Å². The van der Waals surface area contributed by atoms with E-state index in [4.69, 9.17) is 4.42 Å². The minimum Gasteiger partial charge on any atom is -0.456 e. The molecule has 55 heavy (non-hydrogen) atoms. The second-order valence-electron chi connectivity index (χ2n) is 14.8. The number of aryl methyl sites for hydroxylation is 2. The lowest BCUT2D eigenvalue weighted by Gasteiger charge is -2.20. The van der Waals surface area contributed by atoms with Crippen LogP contribution < -0.4 is 0 Å². The highest BCUT2D eigenvalue weighted by Gasteiger charge is 2.21. The molecule has 0 aliphatic rings. The fourth-order valence-corrected chi connectivity index (χ4v) is 9.36. The molecule has 0 saturated carbocycles. The number of hydrogen-bond donors (Lipinski definition) is 0. The highest BCUT2D eigenvalue weighted by Crippen LogP contribution is 2.47. The summed E-state index contributed by atoms with van der Waals surface area (Å²) in [7, 11) is 0. The van der Waals surface area contributed by atoms with Crippen LogP contribution in [0.25, 0.3) is 110 Å². The van der Waals surface area contributed by atoms with Gasteiger partial charge in [-0.3, -0.25) is 0 Å². The minimum atomic E-state index is 0.894. The molecule has 0 fully saturated rings. The molecule has 0 N–H and O–H groups in total. The van der Waals surface area contributed by atoms with E-state index in [9.17, 15) is 0 Å². The Morgan fingerprint density at radius 2 is 0.673 bits per heavy atom. The van der Waals surface area contributed by atoms with Gasteiger partial charge in [0.2, 0.25) is 0 Å². The molecule has 1 heterocycles. The average Bonchev–Trinajstić information content (AvgIpc) is 3.60. The third-order valence-electron chi connectivity index (χ3n) is 11.7. The van der Waals surface area contributed by atoms with E-state index in [1.54, 1.807) is 0 Å². The van der Waals surface area contributed by atoms with Gasteiger partial charge in [-0.05, 0) is 137 Å². The predicted molar refractivity (Wildman–Crippen MR) is 235 cm³/mol. The highest BCUT2D eigenvalue weighted by molar-refractivity contribution is 6.24. The van der Waals surface area contributed by atoms with Gasteiger partial charge in [-0.15, -0.1) is 0 Å². The van der Waals surface area contributed by atoms with E-state index in [1.165, 1.54) is 93.2 Å². The lowest BCUT2D eigenvalue weighted by atomic mass is 9.83. The van der Waals surface area contributed by atoms with Gasteiger partial charge in [0.05, 0.1) is 0 Å². The molecule has 0 atom stereocenters. The van der Waals surface area contributed by atoms with Crippen molar-refractivity contribution in [2.24, 2.45) is 0 Å². The first kappa shape index (κ1) is 31.6. The monoisotopic (exact) mass is 700 g/mol. The molecule has 10 aromatic carbocycles. The van der Waals surface area contributed by atoms with Crippen LogP contribution in [0.1, 0.15) is 11.1 Å². The van der Waals surface area contributed by atoms with Crippen LogP contribution in [0.4, 0.5) is 0 Å². The van der Waals surface area contributed by atoms with Crippen molar-refractivity contribution in [1.82, 2.24) is 0 Å². The first-order valence-electron chi connectivity index (χ1n) is 19.1. The van der Waals surface area contributed by atoms with Crippen molar-refractivity contribution in [2.75, 3.05) is 0 Å². The molecule has 1 nitrogen and oxygen atoms in total. The summed E-state index contributed by atoms with van der Waals surface area (Å²) in [6.07, 6.45) is 0. The molecule has 0 aliphatic heterocycles. The third-order valence-corrected chi connectivity index (χ3v) is 11.7. The van der Waals surface area contributed by atoms with E-state index in [2.05, 4.69) is 196 Å². The summed E-state index contributed by atoms with van der Waals surface area (Å²) in [6.45, 7) is 4.46. The zero-order valence-electron chi connectivity index (χ0n) is 30.7. The zero-order valence-corrected chi connectivity index (χ0v) is 30.7. The molecule has 0 bridgehead atoms. The van der Waals surface area contributed by atoms with Gasteiger partial charge >= 0.3 is 0 Å². The van der Waals surface area contributed by atoms with Gasteiger partial charge in [0.15, 0.2) is 0 Å². The molecule has 0 radical (unpaired) electrons. The Bertz CT molecular complexity index is 3190. The van der Waals surface area contributed by atoms with Crippen LogP contribution in [0.15, 0.2) is 186 Å². The molecular formula is C54H36O. The van der Waals surface area contributed by atoms with Crippen molar-refractivity contribution in [3.05, 3.63) is 193 Å². The van der Waals surface area contributed by atoms with E-state index in [0.29, 0.717) is 0 Å². The van der Waals surface area contributed by atoms with Crippen LogP contribution in [-0.2, 0) is 0 Å². The van der Waals surface area contributed by atoms with Gasteiger partial charge in [-0.2, -0.15) is 0 Å². The summed E-state index contributed by atoms with van der Waals surface area (Å²) in [6, 6.07) is 66.4. The SMILES string of the molecule is Cc1cccc(C)c1-c1c2ccccc2c(-c2ccc3oc4cc(-c5c6ccccc6c(-c6ccccc6)c6ccccc56)ccc4c3c2)c2ccccc12. The van der Waals surface area contributed by atoms with Gasteiger partial charge in [-0.25, -0.2) is 0 Å². The normalized spacial score (nSPS) is 11.8. The Labute approximate surface area is 319 Å². The molecule has 11 aromatic rings. The molecule has 258 valence electrons. The fraction of sp³-hybridized carbons (Fsp3) is 0.0370. The standard InChI is InChI=1S/C54H36O/c1-33-15-14-16-34(2)50(33)54-45-25-12-10-23-43(45)52(44-24-11-13-26-46(44)54)36-28-30-48-47(31-36)38-29-27-37(32-49(38)55-48)53-41-21-8-6-19-39(41)51(35-17-4-3-5-18-35)40-20-7-9-22-42(40)53/h3-32H,1-2H3. The van der Waals surface area contributed by atoms with Crippen LogP contribution in [0.2, 0.25) is 0 Å². The summed E-state index contributed by atoms with van der Waals surface area (Å²) < 4.78 is 6.70. The fourth-order valence-electron chi connectivity index (χ4n) is 9.36. The summed E-state index contributed by atoms with van der Waals surface area (Å²) in [5.41, 5.74) is 14.3. The summed E-state index contributed by atoms with van der Waals surface area (Å²) >= 11 is 0. The Morgan fingerprint density at radius 3 is 1.18 bits per heavy atom. The summed E-state index contributed by atoms with van der Waals surface area (Å²) in [5, 5.41) is 12.3. The molecule has 11 rings (SSSR count). The Hall–Kier alpha value is -6.96. The maximum atomic E-state index is 6.70. The van der Waals surface area contributed by atoms with Gasteiger partial charge < -0.3 is 4.42 Å². The molecule has 0 amide bonds. The lowest BCUT2D eigenvalue weighted by Crippen LogP contribution is -1.94. The predicted octanol–water partition coefficient (Wildman–Crippen LogP) is 15.5. The number of benzene rings is 10. The lowest BCUT2D eigenvalue weighted by molar-refractivity contribution is 0.669. The molecule has 1 aromatic heterocycles. The van der Waals surface area contributed by atoms with Crippen molar-refractivity contribution in [1.29, 1.82) is 0 Å². The molecule has 0 aliphatic carbocycles. The summed E-state index contributed by atoms with van der Waals surface area (Å²) in [5.74, 6) is 0. The second-order valence-corrected chi connectivity index (χ2v) is 14.8. The Kier molecular flexibility index (Phi) is 7.06. The van der Waals surface area contributed by atoms with Crippen molar-refractivity contribution < 1.29 is 4.42 Å². The van der Waals surface area contributed by atoms with Crippen molar-refractivity contribution in [3.63, 3.8) is 0 Å². The third kappa shape index (κ3) is 4.80. The average molecular weight is 701 g/mol.